The number of piperazine rings is 1. The Morgan fingerprint density at radius 3 is 2.53 bits per heavy atom. The Morgan fingerprint density at radius 2 is 1.77 bits per heavy atom. The number of aliphatic hydroxyl groups is 1. The van der Waals surface area contributed by atoms with Crippen molar-refractivity contribution in [2.45, 2.75) is 32.5 Å². The van der Waals surface area contributed by atoms with E-state index in [2.05, 4.69) is 41.0 Å². The molecule has 30 heavy (non-hydrogen) atoms. The fourth-order valence-corrected chi connectivity index (χ4v) is 4.45. The zero-order valence-electron chi connectivity index (χ0n) is 18.0. The van der Waals surface area contributed by atoms with Crippen LogP contribution in [0.3, 0.4) is 0 Å². The van der Waals surface area contributed by atoms with E-state index in [1.165, 1.54) is 11.1 Å². The van der Waals surface area contributed by atoms with Crippen LogP contribution in [0, 0.1) is 6.92 Å². The van der Waals surface area contributed by atoms with Crippen molar-refractivity contribution in [3.63, 3.8) is 0 Å². The molecular weight excluding hydrogens is 380 g/mol. The highest BCUT2D eigenvalue weighted by Crippen LogP contribution is 2.31. The number of rotatable bonds is 7. The van der Waals surface area contributed by atoms with Crippen LogP contribution in [0.1, 0.15) is 23.1 Å². The number of aryl methyl sites for hydroxylation is 1. The molecule has 1 fully saturated rings. The van der Waals surface area contributed by atoms with Gasteiger partial charge in [0.05, 0.1) is 7.11 Å². The van der Waals surface area contributed by atoms with E-state index in [1.54, 1.807) is 7.11 Å². The number of hydrogen-bond acceptors (Lipinski definition) is 6. The second kappa shape index (κ2) is 9.69. The van der Waals surface area contributed by atoms with Gasteiger partial charge in [-0.1, -0.05) is 18.2 Å². The summed E-state index contributed by atoms with van der Waals surface area (Å²) < 4.78 is 16.7. The standard InChI is InChI=1S/C24H32N2O4/c1-18-13-19(3-5-22(18)28-2)16-26-9-8-25(17-21(26)7-10-27)15-20-4-6-23-24(14-20)30-12-11-29-23/h3-6,13-14,21,27H,7-12,15-17H2,1-2H3/t21-/m1/s1. The number of ether oxygens (including phenoxy) is 3. The lowest BCUT2D eigenvalue weighted by Gasteiger charge is -2.41. The van der Waals surface area contributed by atoms with Gasteiger partial charge in [-0.25, -0.2) is 0 Å². The highest BCUT2D eigenvalue weighted by Gasteiger charge is 2.27. The molecule has 6 nitrogen and oxygen atoms in total. The lowest BCUT2D eigenvalue weighted by Crippen LogP contribution is -2.52. The lowest BCUT2D eigenvalue weighted by atomic mass is 10.0. The zero-order chi connectivity index (χ0) is 20.9. The van der Waals surface area contributed by atoms with Gasteiger partial charge in [-0.05, 0) is 48.2 Å². The molecule has 1 saturated heterocycles. The Bertz CT molecular complexity index is 857. The summed E-state index contributed by atoms with van der Waals surface area (Å²) in [6, 6.07) is 13.0. The van der Waals surface area contributed by atoms with Gasteiger partial charge in [-0.2, -0.15) is 0 Å². The molecule has 2 aromatic carbocycles. The molecule has 2 aliphatic heterocycles. The fraction of sp³-hybridized carbons (Fsp3) is 0.500. The average Bonchev–Trinajstić information content (AvgIpc) is 2.76. The molecular formula is C24H32N2O4. The minimum absolute atomic E-state index is 0.209. The third kappa shape index (κ3) is 4.89. The number of benzene rings is 2. The second-order valence-electron chi connectivity index (χ2n) is 8.15. The smallest absolute Gasteiger partial charge is 0.161 e. The van der Waals surface area contributed by atoms with E-state index in [0.29, 0.717) is 19.3 Å². The molecule has 4 rings (SSSR count). The van der Waals surface area contributed by atoms with Gasteiger partial charge >= 0.3 is 0 Å². The highest BCUT2D eigenvalue weighted by atomic mass is 16.6. The number of aliphatic hydroxyl groups excluding tert-OH is 1. The highest BCUT2D eigenvalue weighted by molar-refractivity contribution is 5.43. The van der Waals surface area contributed by atoms with Gasteiger partial charge in [0.25, 0.3) is 0 Å². The summed E-state index contributed by atoms with van der Waals surface area (Å²) in [6.45, 7) is 8.24. The van der Waals surface area contributed by atoms with E-state index in [-0.39, 0.29) is 6.61 Å². The monoisotopic (exact) mass is 412 g/mol. The van der Waals surface area contributed by atoms with E-state index in [9.17, 15) is 5.11 Å². The lowest BCUT2D eigenvalue weighted by molar-refractivity contribution is 0.0499. The summed E-state index contributed by atoms with van der Waals surface area (Å²) in [5.74, 6) is 2.61. The maximum atomic E-state index is 9.63. The Hall–Kier alpha value is -2.28. The molecule has 0 aromatic heterocycles. The van der Waals surface area contributed by atoms with Crippen LogP contribution in [0.5, 0.6) is 17.2 Å². The van der Waals surface area contributed by atoms with Crippen LogP contribution in [0.2, 0.25) is 0 Å². The second-order valence-corrected chi connectivity index (χ2v) is 8.15. The van der Waals surface area contributed by atoms with Gasteiger partial charge in [0.2, 0.25) is 0 Å². The van der Waals surface area contributed by atoms with Crippen LogP contribution in [-0.4, -0.2) is 67.5 Å². The summed E-state index contributed by atoms with van der Waals surface area (Å²) in [7, 11) is 1.71. The molecule has 1 atom stereocenters. The number of fused-ring (bicyclic) bond motifs is 1. The van der Waals surface area contributed by atoms with Crippen molar-refractivity contribution in [2.75, 3.05) is 46.6 Å². The van der Waals surface area contributed by atoms with Gasteiger partial charge in [0, 0.05) is 45.4 Å². The minimum atomic E-state index is 0.209. The number of hydrogen-bond donors (Lipinski definition) is 1. The summed E-state index contributed by atoms with van der Waals surface area (Å²) >= 11 is 0. The van der Waals surface area contributed by atoms with Crippen LogP contribution in [0.4, 0.5) is 0 Å². The Balaban J connectivity index is 1.39. The molecule has 162 valence electrons. The fourth-order valence-electron chi connectivity index (χ4n) is 4.45. The molecule has 2 aromatic rings. The van der Waals surface area contributed by atoms with Crippen molar-refractivity contribution in [3.05, 3.63) is 53.1 Å². The molecule has 0 amide bonds. The van der Waals surface area contributed by atoms with Crippen molar-refractivity contribution in [3.8, 4) is 17.2 Å². The molecule has 2 heterocycles. The van der Waals surface area contributed by atoms with Crippen LogP contribution in [0.15, 0.2) is 36.4 Å². The molecule has 0 unspecified atom stereocenters. The Morgan fingerprint density at radius 1 is 1.00 bits per heavy atom. The Labute approximate surface area is 179 Å². The van der Waals surface area contributed by atoms with Gasteiger partial charge in [0.15, 0.2) is 11.5 Å². The molecule has 2 aliphatic rings. The third-order valence-electron chi connectivity index (χ3n) is 6.01. The average molecular weight is 413 g/mol. The maximum Gasteiger partial charge on any atom is 0.161 e. The van der Waals surface area contributed by atoms with Crippen LogP contribution >= 0.6 is 0 Å². The molecule has 0 bridgehead atoms. The molecule has 0 radical (unpaired) electrons. The summed E-state index contributed by atoms with van der Waals surface area (Å²) in [5, 5.41) is 9.63. The third-order valence-corrected chi connectivity index (χ3v) is 6.01. The summed E-state index contributed by atoms with van der Waals surface area (Å²) in [5.41, 5.74) is 3.68. The molecule has 0 saturated carbocycles. The van der Waals surface area contributed by atoms with Crippen molar-refractivity contribution in [1.82, 2.24) is 9.80 Å². The quantitative estimate of drug-likeness (QED) is 0.755. The first-order chi connectivity index (χ1) is 14.7. The minimum Gasteiger partial charge on any atom is -0.496 e. The molecule has 0 aliphatic carbocycles. The summed E-state index contributed by atoms with van der Waals surface area (Å²) in [6.07, 6.45) is 0.784. The maximum absolute atomic E-state index is 9.63. The van der Waals surface area contributed by atoms with Crippen molar-refractivity contribution in [1.29, 1.82) is 0 Å². The predicted octanol–water partition coefficient (Wildman–Crippen LogP) is 2.84. The topological polar surface area (TPSA) is 54.4 Å². The number of methoxy groups -OCH3 is 1. The van der Waals surface area contributed by atoms with Crippen molar-refractivity contribution >= 4 is 0 Å². The first-order valence-electron chi connectivity index (χ1n) is 10.8. The summed E-state index contributed by atoms with van der Waals surface area (Å²) in [4.78, 5) is 4.97. The largest absolute Gasteiger partial charge is 0.496 e. The van der Waals surface area contributed by atoms with E-state index < -0.39 is 0 Å². The predicted molar refractivity (Wildman–Crippen MR) is 116 cm³/mol. The zero-order valence-corrected chi connectivity index (χ0v) is 18.0. The van der Waals surface area contributed by atoms with Gasteiger partial charge in [-0.3, -0.25) is 9.80 Å². The molecule has 6 heteroatoms. The van der Waals surface area contributed by atoms with Crippen LogP contribution in [0.25, 0.3) is 0 Å². The van der Waals surface area contributed by atoms with Crippen LogP contribution < -0.4 is 14.2 Å². The van der Waals surface area contributed by atoms with E-state index in [4.69, 9.17) is 14.2 Å². The first-order valence-corrected chi connectivity index (χ1v) is 10.8. The Kier molecular flexibility index (Phi) is 6.77. The van der Waals surface area contributed by atoms with E-state index in [1.807, 2.05) is 12.1 Å². The normalized spacial score (nSPS) is 19.6. The van der Waals surface area contributed by atoms with Crippen molar-refractivity contribution < 1.29 is 19.3 Å². The molecule has 1 N–H and O–H groups in total. The first kappa shape index (κ1) is 21.0. The van der Waals surface area contributed by atoms with E-state index >= 15 is 0 Å². The van der Waals surface area contributed by atoms with Gasteiger partial charge in [-0.15, -0.1) is 0 Å². The van der Waals surface area contributed by atoms with Gasteiger partial charge < -0.3 is 19.3 Å². The number of nitrogens with zero attached hydrogens (tertiary/aromatic N) is 2. The van der Waals surface area contributed by atoms with Crippen molar-refractivity contribution in [2.24, 2.45) is 0 Å². The SMILES string of the molecule is COc1ccc(CN2CCN(Cc3ccc4c(c3)OCCO4)C[C@H]2CCO)cc1C. The van der Waals surface area contributed by atoms with Gasteiger partial charge in [0.1, 0.15) is 19.0 Å². The molecule has 0 spiro atoms. The van der Waals surface area contributed by atoms with Crippen LogP contribution in [-0.2, 0) is 13.1 Å². The van der Waals surface area contributed by atoms with E-state index in [0.717, 1.165) is 62.0 Å².